The summed E-state index contributed by atoms with van der Waals surface area (Å²) in [5.74, 6) is 0.526. The van der Waals surface area contributed by atoms with Gasteiger partial charge in [0.15, 0.2) is 0 Å². The van der Waals surface area contributed by atoms with Gasteiger partial charge in [-0.3, -0.25) is 9.69 Å². The monoisotopic (exact) mass is 290 g/mol. The van der Waals surface area contributed by atoms with Gasteiger partial charge in [-0.2, -0.15) is 0 Å². The first-order chi connectivity index (χ1) is 9.81. The Labute approximate surface area is 125 Å². The number of carbonyl (C=O) groups is 2. The van der Waals surface area contributed by atoms with Crippen LogP contribution < -0.4 is 10.1 Å². The van der Waals surface area contributed by atoms with Crippen molar-refractivity contribution in [2.24, 2.45) is 0 Å². The minimum atomic E-state index is -0.409. The molecule has 114 valence electrons. The summed E-state index contributed by atoms with van der Waals surface area (Å²) in [6.45, 7) is 8.00. The number of benzene rings is 1. The number of nitrogens with one attached hydrogen (secondary N) is 1. The van der Waals surface area contributed by atoms with Gasteiger partial charge in [0, 0.05) is 5.56 Å². The summed E-state index contributed by atoms with van der Waals surface area (Å²) in [6.07, 6.45) is 0.598. The van der Waals surface area contributed by atoms with Crippen LogP contribution in [0.4, 0.5) is 4.79 Å². The Hall–Kier alpha value is -2.04. The average molecular weight is 290 g/mol. The number of para-hydroxylation sites is 1. The highest BCUT2D eigenvalue weighted by molar-refractivity contribution is 6.04. The van der Waals surface area contributed by atoms with E-state index in [9.17, 15) is 9.59 Å². The van der Waals surface area contributed by atoms with Crippen LogP contribution in [0.25, 0.3) is 0 Å². The first-order valence-electron chi connectivity index (χ1n) is 7.20. The fraction of sp³-hybridized carbons (Fsp3) is 0.500. The molecule has 1 fully saturated rings. The van der Waals surface area contributed by atoms with Crippen molar-refractivity contribution in [1.82, 2.24) is 10.2 Å². The van der Waals surface area contributed by atoms with E-state index in [0.29, 0.717) is 12.2 Å². The predicted molar refractivity (Wildman–Crippen MR) is 80.0 cm³/mol. The van der Waals surface area contributed by atoms with E-state index in [1.807, 2.05) is 52.0 Å². The maximum Gasteiger partial charge on any atom is 0.325 e. The Morgan fingerprint density at radius 1 is 1.24 bits per heavy atom. The van der Waals surface area contributed by atoms with Crippen molar-refractivity contribution >= 4 is 11.9 Å². The Morgan fingerprint density at radius 2 is 1.90 bits per heavy atom. The highest BCUT2D eigenvalue weighted by Crippen LogP contribution is 2.25. The molecule has 21 heavy (non-hydrogen) atoms. The van der Waals surface area contributed by atoms with Crippen molar-refractivity contribution in [1.29, 1.82) is 0 Å². The van der Waals surface area contributed by atoms with E-state index in [1.54, 1.807) is 0 Å². The van der Waals surface area contributed by atoms with Gasteiger partial charge in [-0.05, 0) is 33.3 Å². The second-order valence-corrected chi connectivity index (χ2v) is 6.16. The van der Waals surface area contributed by atoms with Crippen molar-refractivity contribution in [3.05, 3.63) is 29.8 Å². The van der Waals surface area contributed by atoms with Crippen LogP contribution in [-0.2, 0) is 11.3 Å². The highest BCUT2D eigenvalue weighted by atomic mass is 16.5. The standard InChI is InChI=1S/C16H22N2O3/c1-5-12-14(19)18(15(20)17-12)10-11-8-6-7-9-13(11)21-16(2,3)4/h6-9,12H,5,10H2,1-4H3,(H,17,20)/t12-/m0/s1. The fourth-order valence-electron chi connectivity index (χ4n) is 2.24. The molecule has 1 aliphatic rings. The van der Waals surface area contributed by atoms with Crippen LogP contribution in [0.1, 0.15) is 39.7 Å². The van der Waals surface area contributed by atoms with Gasteiger partial charge in [0.2, 0.25) is 0 Å². The zero-order chi connectivity index (χ0) is 15.6. The summed E-state index contributed by atoms with van der Waals surface area (Å²) in [4.78, 5) is 25.3. The molecule has 0 saturated carbocycles. The highest BCUT2D eigenvalue weighted by Gasteiger charge is 2.37. The zero-order valence-electron chi connectivity index (χ0n) is 13.0. The summed E-state index contributed by atoms with van der Waals surface area (Å²) in [5.41, 5.74) is 0.493. The van der Waals surface area contributed by atoms with Crippen LogP contribution in [-0.4, -0.2) is 28.5 Å². The Bertz CT molecular complexity index is 549. The van der Waals surface area contributed by atoms with Gasteiger partial charge in [0.25, 0.3) is 5.91 Å². The Kier molecular flexibility index (Phi) is 4.21. The second kappa shape index (κ2) is 5.76. The third kappa shape index (κ3) is 3.54. The lowest BCUT2D eigenvalue weighted by atomic mass is 10.1. The number of urea groups is 1. The first-order valence-corrected chi connectivity index (χ1v) is 7.20. The lowest BCUT2D eigenvalue weighted by molar-refractivity contribution is -0.127. The molecule has 1 aliphatic heterocycles. The molecule has 0 spiro atoms. The van der Waals surface area contributed by atoms with E-state index < -0.39 is 6.04 Å². The van der Waals surface area contributed by atoms with E-state index in [1.165, 1.54) is 4.90 Å². The lowest BCUT2D eigenvalue weighted by Gasteiger charge is -2.24. The lowest BCUT2D eigenvalue weighted by Crippen LogP contribution is -2.31. The predicted octanol–water partition coefficient (Wildman–Crippen LogP) is 2.69. The van der Waals surface area contributed by atoms with Gasteiger partial charge < -0.3 is 10.1 Å². The first kappa shape index (κ1) is 15.4. The second-order valence-electron chi connectivity index (χ2n) is 6.16. The van der Waals surface area contributed by atoms with Crippen molar-refractivity contribution in [3.63, 3.8) is 0 Å². The van der Waals surface area contributed by atoms with E-state index in [0.717, 1.165) is 5.56 Å². The molecule has 0 unspecified atom stereocenters. The molecule has 5 heteroatoms. The number of hydrogen-bond acceptors (Lipinski definition) is 3. The molecule has 0 aromatic heterocycles. The van der Waals surface area contributed by atoms with Crippen molar-refractivity contribution in [2.75, 3.05) is 0 Å². The molecule has 3 amide bonds. The average Bonchev–Trinajstić information content (AvgIpc) is 2.66. The van der Waals surface area contributed by atoms with Gasteiger partial charge in [0.1, 0.15) is 17.4 Å². The molecular formula is C16H22N2O3. The maximum absolute atomic E-state index is 12.1. The number of nitrogens with zero attached hydrogens (tertiary/aromatic N) is 1. The number of hydrogen-bond donors (Lipinski definition) is 1. The van der Waals surface area contributed by atoms with Crippen LogP contribution >= 0.6 is 0 Å². The summed E-state index contributed by atoms with van der Waals surface area (Å²) in [7, 11) is 0. The van der Waals surface area contributed by atoms with E-state index >= 15 is 0 Å². The third-order valence-corrected chi connectivity index (χ3v) is 3.23. The molecule has 1 N–H and O–H groups in total. The van der Waals surface area contributed by atoms with Crippen LogP contribution in [0.5, 0.6) is 5.75 Å². The fourth-order valence-corrected chi connectivity index (χ4v) is 2.24. The van der Waals surface area contributed by atoms with Crippen molar-refractivity contribution < 1.29 is 14.3 Å². The molecule has 1 atom stereocenters. The largest absolute Gasteiger partial charge is 0.488 e. The van der Waals surface area contributed by atoms with Gasteiger partial charge in [-0.15, -0.1) is 0 Å². The van der Waals surface area contributed by atoms with Crippen LogP contribution in [0.3, 0.4) is 0 Å². The molecule has 1 saturated heterocycles. The Morgan fingerprint density at radius 3 is 2.48 bits per heavy atom. The molecule has 0 radical (unpaired) electrons. The quantitative estimate of drug-likeness (QED) is 0.867. The number of ether oxygens (including phenoxy) is 1. The normalized spacial score (nSPS) is 18.9. The SMILES string of the molecule is CC[C@@H]1NC(=O)N(Cc2ccccc2OC(C)(C)C)C1=O. The maximum atomic E-state index is 12.1. The summed E-state index contributed by atoms with van der Waals surface area (Å²) in [6, 6.07) is 6.74. The van der Waals surface area contributed by atoms with Gasteiger partial charge >= 0.3 is 6.03 Å². The summed E-state index contributed by atoms with van der Waals surface area (Å²) in [5, 5.41) is 2.69. The molecule has 1 heterocycles. The van der Waals surface area contributed by atoms with Gasteiger partial charge in [-0.25, -0.2) is 4.79 Å². The van der Waals surface area contributed by atoms with Crippen LogP contribution in [0, 0.1) is 0 Å². The summed E-state index contributed by atoms with van der Waals surface area (Å²) >= 11 is 0. The molecule has 0 bridgehead atoms. The Balaban J connectivity index is 2.20. The number of amides is 3. The van der Waals surface area contributed by atoms with Crippen molar-refractivity contribution in [3.8, 4) is 5.75 Å². The zero-order valence-corrected chi connectivity index (χ0v) is 13.0. The van der Waals surface area contributed by atoms with Gasteiger partial charge in [-0.1, -0.05) is 25.1 Å². The molecule has 1 aromatic rings. The van der Waals surface area contributed by atoms with Crippen LogP contribution in [0.2, 0.25) is 0 Å². The minimum absolute atomic E-state index is 0.173. The number of rotatable bonds is 4. The van der Waals surface area contributed by atoms with E-state index in [4.69, 9.17) is 4.74 Å². The van der Waals surface area contributed by atoms with Crippen molar-refractivity contribution in [2.45, 2.75) is 52.3 Å². The van der Waals surface area contributed by atoms with E-state index in [-0.39, 0.29) is 24.1 Å². The summed E-state index contributed by atoms with van der Waals surface area (Å²) < 4.78 is 5.90. The molecule has 1 aromatic carbocycles. The third-order valence-electron chi connectivity index (χ3n) is 3.23. The van der Waals surface area contributed by atoms with Crippen LogP contribution in [0.15, 0.2) is 24.3 Å². The molecule has 2 rings (SSSR count). The topological polar surface area (TPSA) is 58.6 Å². The number of carbonyl (C=O) groups excluding carboxylic acids is 2. The van der Waals surface area contributed by atoms with E-state index in [2.05, 4.69) is 5.32 Å². The minimum Gasteiger partial charge on any atom is -0.488 e. The molecule has 0 aliphatic carbocycles. The molecule has 5 nitrogen and oxygen atoms in total. The number of imide groups is 1. The van der Waals surface area contributed by atoms with Gasteiger partial charge in [0.05, 0.1) is 6.54 Å². The smallest absolute Gasteiger partial charge is 0.325 e. The molecular weight excluding hydrogens is 268 g/mol.